The highest BCUT2D eigenvalue weighted by molar-refractivity contribution is 5.75. The standard InChI is InChI=1S/C26H30FN5O2/c1-25-7-8-26(2,15-25)13-18(12-25)32(3)22-6-5-20(29-30-22)24-19(27)9-16(10-21(24)33)17-11-23(34-4)31-28-14-17/h5-6,9-11,14,18,33H,7-8,12-13,15H2,1-4H3/t18?,25-,26+. The maximum atomic E-state index is 15.1. The number of aromatic nitrogens is 4. The van der Waals surface area contributed by atoms with Gasteiger partial charge in [0.25, 0.3) is 0 Å². The number of nitrogens with zero attached hydrogens (tertiary/aromatic N) is 5. The first-order valence-electron chi connectivity index (χ1n) is 11.7. The fourth-order valence-electron chi connectivity index (χ4n) is 6.09. The third-order valence-corrected chi connectivity index (χ3v) is 7.70. The van der Waals surface area contributed by atoms with E-state index in [9.17, 15) is 5.11 Å². The van der Waals surface area contributed by atoms with E-state index in [2.05, 4.69) is 46.2 Å². The maximum Gasteiger partial charge on any atom is 0.233 e. The molecular formula is C26H30FN5O2. The van der Waals surface area contributed by atoms with Crippen LogP contribution in [0.4, 0.5) is 10.2 Å². The molecule has 1 aromatic carbocycles. The number of ether oxygens (including phenoxy) is 1. The van der Waals surface area contributed by atoms with E-state index in [1.807, 2.05) is 6.07 Å². The topological polar surface area (TPSA) is 84.3 Å². The van der Waals surface area contributed by atoms with Crippen LogP contribution in [0.1, 0.15) is 46.0 Å². The summed E-state index contributed by atoms with van der Waals surface area (Å²) in [6.07, 6.45) is 7.65. The first kappa shape index (κ1) is 22.5. The van der Waals surface area contributed by atoms with Crippen molar-refractivity contribution in [1.29, 1.82) is 0 Å². The van der Waals surface area contributed by atoms with Crippen molar-refractivity contribution >= 4 is 5.82 Å². The monoisotopic (exact) mass is 463 g/mol. The van der Waals surface area contributed by atoms with Gasteiger partial charge in [-0.2, -0.15) is 5.10 Å². The van der Waals surface area contributed by atoms with Crippen molar-refractivity contribution in [2.24, 2.45) is 10.8 Å². The quantitative estimate of drug-likeness (QED) is 0.553. The van der Waals surface area contributed by atoms with Crippen molar-refractivity contribution in [3.63, 3.8) is 0 Å². The second kappa shape index (κ2) is 8.18. The van der Waals surface area contributed by atoms with E-state index >= 15 is 4.39 Å². The maximum absolute atomic E-state index is 15.1. The number of hydrogen-bond donors (Lipinski definition) is 1. The fraction of sp³-hybridized carbons (Fsp3) is 0.462. The van der Waals surface area contributed by atoms with Gasteiger partial charge in [0.15, 0.2) is 5.82 Å². The first-order valence-corrected chi connectivity index (χ1v) is 11.7. The molecule has 5 rings (SSSR count). The van der Waals surface area contributed by atoms with Gasteiger partial charge in [-0.1, -0.05) is 13.8 Å². The number of halogens is 1. The van der Waals surface area contributed by atoms with Gasteiger partial charge in [-0.05, 0) is 72.8 Å². The highest BCUT2D eigenvalue weighted by Gasteiger charge is 2.50. The molecule has 0 radical (unpaired) electrons. The number of aromatic hydroxyl groups is 1. The SMILES string of the molecule is COc1cc(-c2cc(O)c(-c3ccc(N(C)C4C[C@]5(C)CC[C@](C)(C4)C5)nn3)c(F)c2)cnn1. The van der Waals surface area contributed by atoms with Gasteiger partial charge in [-0.3, -0.25) is 0 Å². The summed E-state index contributed by atoms with van der Waals surface area (Å²) >= 11 is 0. The Morgan fingerprint density at radius 1 is 1.03 bits per heavy atom. The first-order chi connectivity index (χ1) is 16.2. The van der Waals surface area contributed by atoms with Crippen LogP contribution in [0.3, 0.4) is 0 Å². The lowest BCUT2D eigenvalue weighted by Crippen LogP contribution is -2.42. The van der Waals surface area contributed by atoms with Crippen molar-refractivity contribution in [2.45, 2.75) is 52.0 Å². The van der Waals surface area contributed by atoms with Crippen molar-refractivity contribution in [1.82, 2.24) is 20.4 Å². The molecule has 0 saturated heterocycles. The Labute approximate surface area is 199 Å². The highest BCUT2D eigenvalue weighted by atomic mass is 19.1. The molecule has 3 aromatic rings. The third kappa shape index (κ3) is 4.06. The molecule has 0 spiro atoms. The van der Waals surface area contributed by atoms with Crippen LogP contribution in [-0.4, -0.2) is 45.7 Å². The van der Waals surface area contributed by atoms with E-state index < -0.39 is 5.82 Å². The van der Waals surface area contributed by atoms with Crippen LogP contribution in [0, 0.1) is 16.6 Å². The molecule has 3 atom stereocenters. The summed E-state index contributed by atoms with van der Waals surface area (Å²) in [4.78, 5) is 2.21. The molecule has 2 aromatic heterocycles. The number of methoxy groups -OCH3 is 1. The summed E-state index contributed by atoms with van der Waals surface area (Å²) in [5.41, 5.74) is 2.14. The summed E-state index contributed by atoms with van der Waals surface area (Å²) in [6.45, 7) is 4.81. The van der Waals surface area contributed by atoms with E-state index in [0.717, 1.165) is 18.7 Å². The van der Waals surface area contributed by atoms with E-state index in [1.165, 1.54) is 44.7 Å². The van der Waals surface area contributed by atoms with Crippen LogP contribution in [0.25, 0.3) is 22.4 Å². The number of rotatable bonds is 5. The van der Waals surface area contributed by atoms with Gasteiger partial charge in [0.1, 0.15) is 11.6 Å². The predicted octanol–water partition coefficient (Wildman–Crippen LogP) is 5.25. The fourth-order valence-corrected chi connectivity index (χ4v) is 6.09. The predicted molar refractivity (Wildman–Crippen MR) is 128 cm³/mol. The lowest BCUT2D eigenvalue weighted by molar-refractivity contribution is 0.148. The van der Waals surface area contributed by atoms with Crippen LogP contribution in [0.5, 0.6) is 11.6 Å². The summed E-state index contributed by atoms with van der Waals surface area (Å²) in [5, 5.41) is 27.0. The number of hydrogen-bond acceptors (Lipinski definition) is 7. The zero-order chi connectivity index (χ0) is 24.1. The molecule has 34 heavy (non-hydrogen) atoms. The summed E-state index contributed by atoms with van der Waals surface area (Å²) in [6, 6.07) is 8.43. The second-order valence-corrected chi connectivity index (χ2v) is 10.6. The normalized spacial score (nSPS) is 25.9. The van der Waals surface area contributed by atoms with Gasteiger partial charge in [-0.25, -0.2) is 4.39 Å². The smallest absolute Gasteiger partial charge is 0.233 e. The summed E-state index contributed by atoms with van der Waals surface area (Å²) < 4.78 is 20.2. The Hall–Kier alpha value is -3.29. The van der Waals surface area contributed by atoms with Gasteiger partial charge in [0.05, 0.1) is 24.6 Å². The average Bonchev–Trinajstić information content (AvgIpc) is 3.05. The molecule has 1 unspecified atom stereocenters. The molecule has 2 saturated carbocycles. The molecule has 8 heteroatoms. The van der Waals surface area contributed by atoms with Gasteiger partial charge < -0.3 is 14.7 Å². The Bertz CT molecular complexity index is 1180. The van der Waals surface area contributed by atoms with Crippen LogP contribution in [0.15, 0.2) is 36.5 Å². The molecule has 1 N–H and O–H groups in total. The number of fused-ring (bicyclic) bond motifs is 2. The Kier molecular flexibility index (Phi) is 5.41. The number of benzene rings is 1. The zero-order valence-electron chi connectivity index (χ0n) is 20.0. The molecule has 2 bridgehead atoms. The Balaban J connectivity index is 1.39. The molecule has 0 amide bonds. The van der Waals surface area contributed by atoms with E-state index in [1.54, 1.807) is 12.1 Å². The van der Waals surface area contributed by atoms with Crippen LogP contribution in [-0.2, 0) is 0 Å². The van der Waals surface area contributed by atoms with Crippen LogP contribution < -0.4 is 9.64 Å². The highest BCUT2D eigenvalue weighted by Crippen LogP contribution is 2.58. The minimum Gasteiger partial charge on any atom is -0.507 e. The van der Waals surface area contributed by atoms with E-state index in [4.69, 9.17) is 4.74 Å². The minimum atomic E-state index is -0.592. The van der Waals surface area contributed by atoms with E-state index in [0.29, 0.717) is 33.9 Å². The summed E-state index contributed by atoms with van der Waals surface area (Å²) in [5.74, 6) is 0.256. The second-order valence-electron chi connectivity index (χ2n) is 10.6. The molecule has 2 aliphatic rings. The van der Waals surface area contributed by atoms with Gasteiger partial charge in [0, 0.05) is 24.7 Å². The van der Waals surface area contributed by atoms with Crippen molar-refractivity contribution in [2.75, 3.05) is 19.1 Å². The van der Waals surface area contributed by atoms with Gasteiger partial charge in [-0.15, -0.1) is 15.3 Å². The van der Waals surface area contributed by atoms with Crippen molar-refractivity contribution in [3.05, 3.63) is 42.3 Å². The molecule has 7 nitrogen and oxygen atoms in total. The average molecular weight is 464 g/mol. The Morgan fingerprint density at radius 3 is 2.38 bits per heavy atom. The molecule has 2 aliphatic carbocycles. The molecule has 2 heterocycles. The van der Waals surface area contributed by atoms with Crippen molar-refractivity contribution < 1.29 is 14.2 Å². The van der Waals surface area contributed by atoms with Crippen molar-refractivity contribution in [3.8, 4) is 34.0 Å². The third-order valence-electron chi connectivity index (χ3n) is 7.70. The number of phenolic OH excluding ortho intramolecular Hbond substituents is 1. The van der Waals surface area contributed by atoms with Crippen LogP contribution in [0.2, 0.25) is 0 Å². The molecule has 2 fully saturated rings. The molecule has 178 valence electrons. The molecular weight excluding hydrogens is 433 g/mol. The largest absolute Gasteiger partial charge is 0.507 e. The number of anilines is 1. The van der Waals surface area contributed by atoms with Gasteiger partial charge in [0.2, 0.25) is 5.88 Å². The minimum absolute atomic E-state index is 0.0233. The van der Waals surface area contributed by atoms with Gasteiger partial charge >= 0.3 is 0 Å². The van der Waals surface area contributed by atoms with Crippen LogP contribution >= 0.6 is 0 Å². The zero-order valence-corrected chi connectivity index (χ0v) is 20.0. The molecule has 0 aliphatic heterocycles. The Morgan fingerprint density at radius 2 is 1.76 bits per heavy atom. The lowest BCUT2D eigenvalue weighted by atomic mass is 9.68. The summed E-state index contributed by atoms with van der Waals surface area (Å²) in [7, 11) is 3.55. The number of phenols is 1. The lowest BCUT2D eigenvalue weighted by Gasteiger charge is -2.44. The van der Waals surface area contributed by atoms with E-state index in [-0.39, 0.29) is 17.0 Å².